The third kappa shape index (κ3) is 4.80. The molecule has 130 valence electrons. The highest BCUT2D eigenvalue weighted by Gasteiger charge is 2.14. The normalized spacial score (nSPS) is 11.3. The number of rotatable bonds is 7. The number of aryl methyl sites for hydroxylation is 2. The van der Waals surface area contributed by atoms with E-state index in [1.807, 2.05) is 32.0 Å². The minimum absolute atomic E-state index is 0.0860. The Bertz CT molecular complexity index is 828. The fourth-order valence-electron chi connectivity index (χ4n) is 1.94. The van der Waals surface area contributed by atoms with E-state index in [0.717, 1.165) is 27.3 Å². The molecule has 0 radical (unpaired) electrons. The maximum absolute atomic E-state index is 11.9. The van der Waals surface area contributed by atoms with Gasteiger partial charge in [-0.1, -0.05) is 12.1 Å². The molecule has 6 nitrogen and oxygen atoms in total. The fraction of sp³-hybridized carbons (Fsp3) is 0.312. The van der Waals surface area contributed by atoms with Gasteiger partial charge in [-0.25, -0.2) is 13.1 Å². The van der Waals surface area contributed by atoms with Crippen molar-refractivity contribution < 1.29 is 17.9 Å². The topological polar surface area (TPSA) is 84.5 Å². The summed E-state index contributed by atoms with van der Waals surface area (Å²) >= 11 is 1.12. The van der Waals surface area contributed by atoms with Crippen molar-refractivity contribution in [3.05, 3.63) is 46.3 Å². The SMILES string of the molecule is CNS(=O)(=O)c1ccc(CNC(=O)COc2cc(C)ccc2C)s1. The smallest absolute Gasteiger partial charge is 0.258 e. The first-order valence-corrected chi connectivity index (χ1v) is 9.61. The second-order valence-corrected chi connectivity index (χ2v) is 8.54. The first-order valence-electron chi connectivity index (χ1n) is 7.31. The van der Waals surface area contributed by atoms with Crippen LogP contribution in [0.3, 0.4) is 0 Å². The van der Waals surface area contributed by atoms with Crippen molar-refractivity contribution in [3.8, 4) is 5.75 Å². The van der Waals surface area contributed by atoms with Crippen LogP contribution in [0.1, 0.15) is 16.0 Å². The molecule has 0 saturated carbocycles. The molecule has 0 saturated heterocycles. The maximum atomic E-state index is 11.9. The third-order valence-electron chi connectivity index (χ3n) is 3.33. The molecule has 0 atom stereocenters. The number of hydrogen-bond acceptors (Lipinski definition) is 5. The molecule has 24 heavy (non-hydrogen) atoms. The van der Waals surface area contributed by atoms with Crippen molar-refractivity contribution in [3.63, 3.8) is 0 Å². The first kappa shape index (κ1) is 18.4. The van der Waals surface area contributed by atoms with E-state index in [0.29, 0.717) is 5.75 Å². The predicted molar refractivity (Wildman–Crippen MR) is 93.8 cm³/mol. The molecule has 1 aromatic heterocycles. The van der Waals surface area contributed by atoms with Crippen LogP contribution >= 0.6 is 11.3 Å². The van der Waals surface area contributed by atoms with E-state index in [1.54, 1.807) is 6.07 Å². The van der Waals surface area contributed by atoms with Gasteiger partial charge in [-0.15, -0.1) is 11.3 Å². The Morgan fingerprint density at radius 2 is 1.96 bits per heavy atom. The van der Waals surface area contributed by atoms with E-state index in [1.165, 1.54) is 13.1 Å². The summed E-state index contributed by atoms with van der Waals surface area (Å²) in [5.74, 6) is 0.422. The molecule has 2 rings (SSSR count). The van der Waals surface area contributed by atoms with Gasteiger partial charge in [0.05, 0.1) is 6.54 Å². The van der Waals surface area contributed by atoms with Gasteiger partial charge >= 0.3 is 0 Å². The largest absolute Gasteiger partial charge is 0.483 e. The van der Waals surface area contributed by atoms with Crippen LogP contribution < -0.4 is 14.8 Å². The number of carbonyl (C=O) groups excluding carboxylic acids is 1. The molecule has 0 spiro atoms. The molecule has 8 heteroatoms. The van der Waals surface area contributed by atoms with E-state index in [9.17, 15) is 13.2 Å². The molecule has 0 fully saturated rings. The highest BCUT2D eigenvalue weighted by Crippen LogP contribution is 2.21. The van der Waals surface area contributed by atoms with Crippen LogP contribution in [0.5, 0.6) is 5.75 Å². The Labute approximate surface area is 145 Å². The Morgan fingerprint density at radius 1 is 1.21 bits per heavy atom. The van der Waals surface area contributed by atoms with E-state index < -0.39 is 10.0 Å². The van der Waals surface area contributed by atoms with Gasteiger partial charge in [0.25, 0.3) is 5.91 Å². The highest BCUT2D eigenvalue weighted by atomic mass is 32.2. The van der Waals surface area contributed by atoms with Gasteiger partial charge < -0.3 is 10.1 Å². The van der Waals surface area contributed by atoms with Crippen molar-refractivity contribution in [2.24, 2.45) is 0 Å². The molecule has 1 heterocycles. The second-order valence-electron chi connectivity index (χ2n) is 5.26. The van der Waals surface area contributed by atoms with Gasteiger partial charge in [-0.3, -0.25) is 4.79 Å². The number of nitrogens with one attached hydrogen (secondary N) is 2. The summed E-state index contributed by atoms with van der Waals surface area (Å²) < 4.78 is 31.3. The van der Waals surface area contributed by atoms with Crippen LogP contribution in [-0.4, -0.2) is 28.0 Å². The maximum Gasteiger partial charge on any atom is 0.258 e. The minimum atomic E-state index is -3.44. The van der Waals surface area contributed by atoms with Crippen LogP contribution in [-0.2, 0) is 21.4 Å². The van der Waals surface area contributed by atoms with Crippen LogP contribution in [0.25, 0.3) is 0 Å². The highest BCUT2D eigenvalue weighted by molar-refractivity contribution is 7.91. The zero-order valence-corrected chi connectivity index (χ0v) is 15.4. The zero-order chi connectivity index (χ0) is 17.7. The standard InChI is InChI=1S/C16H20N2O4S2/c1-11-4-5-12(2)14(8-11)22-10-15(19)18-9-13-6-7-16(23-13)24(20,21)17-3/h4-8,17H,9-10H2,1-3H3,(H,18,19). The summed E-state index contributed by atoms with van der Waals surface area (Å²) in [6, 6.07) is 9.01. The van der Waals surface area contributed by atoms with Crippen molar-refractivity contribution in [1.82, 2.24) is 10.0 Å². The Hall–Kier alpha value is -1.90. The van der Waals surface area contributed by atoms with Gasteiger partial charge in [0.15, 0.2) is 6.61 Å². The van der Waals surface area contributed by atoms with Crippen molar-refractivity contribution in [2.75, 3.05) is 13.7 Å². The molecular weight excluding hydrogens is 348 g/mol. The number of amides is 1. The van der Waals surface area contributed by atoms with Gasteiger partial charge in [0.2, 0.25) is 10.0 Å². The first-order chi connectivity index (χ1) is 11.3. The lowest BCUT2D eigenvalue weighted by Gasteiger charge is -2.10. The quantitative estimate of drug-likeness (QED) is 0.782. The number of ether oxygens (including phenoxy) is 1. The van der Waals surface area contributed by atoms with Gasteiger partial charge in [-0.05, 0) is 50.2 Å². The second kappa shape index (κ2) is 7.78. The van der Waals surface area contributed by atoms with E-state index in [4.69, 9.17) is 4.74 Å². The average molecular weight is 368 g/mol. The lowest BCUT2D eigenvalue weighted by Crippen LogP contribution is -2.28. The van der Waals surface area contributed by atoms with Crippen LogP contribution in [0.2, 0.25) is 0 Å². The van der Waals surface area contributed by atoms with Crippen molar-refractivity contribution in [1.29, 1.82) is 0 Å². The van der Waals surface area contributed by atoms with Crippen LogP contribution in [0.4, 0.5) is 0 Å². The minimum Gasteiger partial charge on any atom is -0.483 e. The van der Waals surface area contributed by atoms with E-state index in [2.05, 4.69) is 10.0 Å². The summed E-state index contributed by atoms with van der Waals surface area (Å²) in [5, 5.41) is 2.72. The van der Waals surface area contributed by atoms with Crippen molar-refractivity contribution >= 4 is 27.3 Å². The molecule has 2 aromatic rings. The molecular formula is C16H20N2O4S2. The Balaban J connectivity index is 1.86. The molecule has 0 bridgehead atoms. The molecule has 1 amide bonds. The van der Waals surface area contributed by atoms with Gasteiger partial charge in [-0.2, -0.15) is 0 Å². The van der Waals surface area contributed by atoms with Gasteiger partial charge in [0, 0.05) is 4.88 Å². The predicted octanol–water partition coefficient (Wildman–Crippen LogP) is 1.97. The summed E-state index contributed by atoms with van der Waals surface area (Å²) in [7, 11) is -2.08. The zero-order valence-electron chi connectivity index (χ0n) is 13.8. The third-order valence-corrected chi connectivity index (χ3v) is 6.32. The number of hydrogen-bond donors (Lipinski definition) is 2. The van der Waals surface area contributed by atoms with E-state index >= 15 is 0 Å². The number of carbonyl (C=O) groups is 1. The molecule has 0 aliphatic rings. The summed E-state index contributed by atoms with van der Waals surface area (Å²) in [6.07, 6.45) is 0. The van der Waals surface area contributed by atoms with E-state index in [-0.39, 0.29) is 23.3 Å². The lowest BCUT2D eigenvalue weighted by atomic mass is 10.1. The van der Waals surface area contributed by atoms with Crippen molar-refractivity contribution in [2.45, 2.75) is 24.6 Å². The molecule has 0 aliphatic carbocycles. The lowest BCUT2D eigenvalue weighted by molar-refractivity contribution is -0.123. The number of benzene rings is 1. The summed E-state index contributed by atoms with van der Waals surface area (Å²) in [5.41, 5.74) is 2.03. The average Bonchev–Trinajstić information content (AvgIpc) is 3.03. The fourth-order valence-corrected chi connectivity index (χ4v) is 4.07. The molecule has 2 N–H and O–H groups in total. The Morgan fingerprint density at radius 3 is 2.67 bits per heavy atom. The Kier molecular flexibility index (Phi) is 5.98. The number of sulfonamides is 1. The number of thiophene rings is 1. The summed E-state index contributed by atoms with van der Waals surface area (Å²) in [4.78, 5) is 12.6. The van der Waals surface area contributed by atoms with Gasteiger partial charge in [0.1, 0.15) is 9.96 Å². The molecule has 1 aromatic carbocycles. The molecule has 0 aliphatic heterocycles. The van der Waals surface area contributed by atoms with Crippen LogP contribution in [0.15, 0.2) is 34.5 Å². The van der Waals surface area contributed by atoms with Crippen LogP contribution in [0, 0.1) is 13.8 Å². The summed E-state index contributed by atoms with van der Waals surface area (Å²) in [6.45, 7) is 4.05. The molecule has 0 unspecified atom stereocenters. The monoisotopic (exact) mass is 368 g/mol.